The van der Waals surface area contributed by atoms with Gasteiger partial charge in [-0.2, -0.15) is 0 Å². The summed E-state index contributed by atoms with van der Waals surface area (Å²) >= 11 is 1.75. The fourth-order valence-corrected chi connectivity index (χ4v) is 2.24. The average molecular weight is 205 g/mol. The molecule has 1 aliphatic rings. The van der Waals surface area contributed by atoms with Gasteiger partial charge in [0.15, 0.2) is 0 Å². The van der Waals surface area contributed by atoms with Crippen LogP contribution in [-0.4, -0.2) is 29.5 Å². The number of primary amides is 1. The van der Waals surface area contributed by atoms with Gasteiger partial charge in [0, 0.05) is 5.75 Å². The van der Waals surface area contributed by atoms with Crippen molar-refractivity contribution in [3.8, 4) is 0 Å². The van der Waals surface area contributed by atoms with Gasteiger partial charge >= 0.3 is 6.09 Å². The largest absolute Gasteiger partial charge is 0.447 e. The molecular formula is C8H15NO3S. The molecule has 1 heterocycles. The van der Waals surface area contributed by atoms with Crippen molar-refractivity contribution in [2.75, 3.05) is 12.4 Å². The van der Waals surface area contributed by atoms with E-state index in [1.165, 1.54) is 0 Å². The molecule has 2 N–H and O–H groups in total. The van der Waals surface area contributed by atoms with Gasteiger partial charge in [-0.25, -0.2) is 4.79 Å². The van der Waals surface area contributed by atoms with E-state index in [0.717, 1.165) is 12.2 Å². The van der Waals surface area contributed by atoms with E-state index >= 15 is 0 Å². The van der Waals surface area contributed by atoms with Crippen molar-refractivity contribution in [2.24, 2.45) is 5.73 Å². The molecule has 0 aliphatic carbocycles. The summed E-state index contributed by atoms with van der Waals surface area (Å²) in [5, 5.41) is 0. The van der Waals surface area contributed by atoms with Crippen molar-refractivity contribution in [2.45, 2.75) is 31.3 Å². The molecule has 1 saturated heterocycles. The SMILES string of the molecule is CC[C@@]1(C)O[C@H](COC(N)=O)CS1. The second kappa shape index (κ2) is 4.19. The summed E-state index contributed by atoms with van der Waals surface area (Å²) in [5.41, 5.74) is 4.85. The number of rotatable bonds is 3. The molecule has 0 aromatic heterocycles. The minimum Gasteiger partial charge on any atom is -0.447 e. The van der Waals surface area contributed by atoms with Crippen molar-refractivity contribution in [3.63, 3.8) is 0 Å². The lowest BCUT2D eigenvalue weighted by Gasteiger charge is -2.21. The van der Waals surface area contributed by atoms with Gasteiger partial charge in [0.05, 0.1) is 0 Å². The monoisotopic (exact) mass is 205 g/mol. The molecule has 0 aromatic rings. The van der Waals surface area contributed by atoms with Crippen LogP contribution in [0.15, 0.2) is 0 Å². The Hall–Kier alpha value is -0.420. The zero-order valence-electron chi connectivity index (χ0n) is 7.91. The number of carbonyl (C=O) groups excluding carboxylic acids is 1. The average Bonchev–Trinajstić information content (AvgIpc) is 2.45. The summed E-state index contributed by atoms with van der Waals surface area (Å²) in [6, 6.07) is 0. The van der Waals surface area contributed by atoms with Crippen LogP contribution < -0.4 is 5.73 Å². The van der Waals surface area contributed by atoms with Gasteiger partial charge in [-0.05, 0) is 13.3 Å². The number of thioether (sulfide) groups is 1. The second-order valence-corrected chi connectivity index (χ2v) is 4.65. The molecule has 5 heteroatoms. The van der Waals surface area contributed by atoms with E-state index in [1.54, 1.807) is 11.8 Å². The quantitative estimate of drug-likeness (QED) is 0.755. The van der Waals surface area contributed by atoms with Gasteiger partial charge in [-0.15, -0.1) is 11.8 Å². The summed E-state index contributed by atoms with van der Waals surface area (Å²) in [5.74, 6) is 0.859. The van der Waals surface area contributed by atoms with Crippen LogP contribution in [0.3, 0.4) is 0 Å². The lowest BCUT2D eigenvalue weighted by molar-refractivity contribution is -0.0266. The molecule has 0 radical (unpaired) electrons. The highest BCUT2D eigenvalue weighted by Gasteiger charge is 2.35. The summed E-state index contributed by atoms with van der Waals surface area (Å²) in [7, 11) is 0. The lowest BCUT2D eigenvalue weighted by Crippen LogP contribution is -2.27. The van der Waals surface area contributed by atoms with E-state index in [0.29, 0.717) is 0 Å². The maximum Gasteiger partial charge on any atom is 0.404 e. The fourth-order valence-electron chi connectivity index (χ4n) is 1.13. The van der Waals surface area contributed by atoms with Gasteiger partial charge in [-0.1, -0.05) is 6.92 Å². The van der Waals surface area contributed by atoms with E-state index in [1.807, 2.05) is 6.92 Å². The van der Waals surface area contributed by atoms with E-state index in [9.17, 15) is 4.79 Å². The molecule has 0 spiro atoms. The molecule has 1 rings (SSSR count). The highest BCUT2D eigenvalue weighted by atomic mass is 32.2. The van der Waals surface area contributed by atoms with Crippen LogP contribution in [0.2, 0.25) is 0 Å². The number of amides is 1. The number of hydrogen-bond acceptors (Lipinski definition) is 4. The number of carbonyl (C=O) groups is 1. The van der Waals surface area contributed by atoms with Crippen LogP contribution in [0.25, 0.3) is 0 Å². The maximum absolute atomic E-state index is 10.3. The third-order valence-electron chi connectivity index (χ3n) is 2.04. The van der Waals surface area contributed by atoms with Gasteiger partial charge < -0.3 is 15.2 Å². The first-order chi connectivity index (χ1) is 6.06. The second-order valence-electron chi connectivity index (χ2n) is 3.17. The summed E-state index contributed by atoms with van der Waals surface area (Å²) in [6.07, 6.45) is 0.200. The van der Waals surface area contributed by atoms with E-state index in [2.05, 4.69) is 11.7 Å². The zero-order valence-corrected chi connectivity index (χ0v) is 8.73. The molecule has 0 aromatic carbocycles. The Balaban J connectivity index is 2.29. The van der Waals surface area contributed by atoms with Crippen molar-refractivity contribution in [1.29, 1.82) is 0 Å². The Kier molecular flexibility index (Phi) is 3.44. The molecule has 1 fully saturated rings. The van der Waals surface area contributed by atoms with E-state index in [4.69, 9.17) is 10.5 Å². The Bertz CT molecular complexity index is 200. The van der Waals surface area contributed by atoms with Crippen LogP contribution in [0, 0.1) is 0 Å². The molecule has 0 bridgehead atoms. The lowest BCUT2D eigenvalue weighted by atomic mass is 10.3. The van der Waals surface area contributed by atoms with Gasteiger partial charge in [0.1, 0.15) is 17.6 Å². The van der Waals surface area contributed by atoms with Gasteiger partial charge in [0.2, 0.25) is 0 Å². The first-order valence-electron chi connectivity index (χ1n) is 4.30. The summed E-state index contributed by atoms with van der Waals surface area (Å²) in [4.78, 5) is 10.2. The molecule has 4 nitrogen and oxygen atoms in total. The number of ether oxygens (including phenoxy) is 2. The van der Waals surface area contributed by atoms with Crippen LogP contribution in [0.4, 0.5) is 4.79 Å². The predicted molar refractivity (Wildman–Crippen MR) is 51.6 cm³/mol. The van der Waals surface area contributed by atoms with Gasteiger partial charge in [-0.3, -0.25) is 0 Å². The van der Waals surface area contributed by atoms with Crippen LogP contribution in [-0.2, 0) is 9.47 Å². The minimum atomic E-state index is -0.737. The van der Waals surface area contributed by atoms with Crippen LogP contribution >= 0.6 is 11.8 Å². The standard InChI is InChI=1S/C8H15NO3S/c1-3-8(2)12-6(5-13-8)4-11-7(9)10/h6H,3-5H2,1-2H3,(H2,9,10)/t6-,8+/m1/s1. The molecule has 2 atom stereocenters. The van der Waals surface area contributed by atoms with Crippen molar-refractivity contribution < 1.29 is 14.3 Å². The van der Waals surface area contributed by atoms with Crippen molar-refractivity contribution in [3.05, 3.63) is 0 Å². The predicted octanol–water partition coefficient (Wildman–Crippen LogP) is 1.34. The van der Waals surface area contributed by atoms with E-state index in [-0.39, 0.29) is 17.6 Å². The van der Waals surface area contributed by atoms with Crippen molar-refractivity contribution >= 4 is 17.9 Å². The highest BCUT2D eigenvalue weighted by molar-refractivity contribution is 8.00. The van der Waals surface area contributed by atoms with Gasteiger partial charge in [0.25, 0.3) is 0 Å². The van der Waals surface area contributed by atoms with Crippen LogP contribution in [0.5, 0.6) is 0 Å². The molecule has 1 amide bonds. The Morgan fingerprint density at radius 2 is 2.54 bits per heavy atom. The molecule has 13 heavy (non-hydrogen) atoms. The minimum absolute atomic E-state index is 0.0116. The third-order valence-corrected chi connectivity index (χ3v) is 3.58. The first-order valence-corrected chi connectivity index (χ1v) is 5.28. The molecule has 0 unspecified atom stereocenters. The van der Waals surface area contributed by atoms with Crippen LogP contribution in [0.1, 0.15) is 20.3 Å². The Labute approximate surface area is 82.1 Å². The molecule has 0 saturated carbocycles. The maximum atomic E-state index is 10.3. The molecular weight excluding hydrogens is 190 g/mol. The topological polar surface area (TPSA) is 61.6 Å². The smallest absolute Gasteiger partial charge is 0.404 e. The van der Waals surface area contributed by atoms with E-state index < -0.39 is 6.09 Å². The zero-order chi connectivity index (χ0) is 9.90. The fraction of sp³-hybridized carbons (Fsp3) is 0.875. The molecule has 1 aliphatic heterocycles. The summed E-state index contributed by atoms with van der Waals surface area (Å²) in [6.45, 7) is 4.38. The normalized spacial score (nSPS) is 33.2. The van der Waals surface area contributed by atoms with Crippen molar-refractivity contribution in [1.82, 2.24) is 0 Å². The Morgan fingerprint density at radius 3 is 3.00 bits per heavy atom. The highest BCUT2D eigenvalue weighted by Crippen LogP contribution is 2.38. The Morgan fingerprint density at radius 1 is 1.85 bits per heavy atom. The third kappa shape index (κ3) is 3.08. The summed E-state index contributed by atoms with van der Waals surface area (Å²) < 4.78 is 10.3. The number of nitrogens with two attached hydrogens (primary N) is 1. The molecule has 76 valence electrons. The number of hydrogen-bond donors (Lipinski definition) is 1. The first kappa shape index (κ1) is 10.7.